The van der Waals surface area contributed by atoms with Gasteiger partial charge >= 0.3 is 0 Å². The van der Waals surface area contributed by atoms with Crippen molar-refractivity contribution in [1.29, 1.82) is 0 Å². The molecule has 0 radical (unpaired) electrons. The van der Waals surface area contributed by atoms with Gasteiger partial charge in [-0.25, -0.2) is 0 Å². The quantitative estimate of drug-likeness (QED) is 0.919. The van der Waals surface area contributed by atoms with Crippen LogP contribution in [0.25, 0.3) is 0 Å². The number of amides is 1. The average Bonchev–Trinajstić information content (AvgIpc) is 2.74. The smallest absolute Gasteiger partial charge is 0.260 e. The second-order valence-corrected chi connectivity index (χ2v) is 5.44. The molecule has 1 aromatic rings. The minimum Gasteiger partial charge on any atom is -0.484 e. The number of hydrogen-bond donors (Lipinski definition) is 1. The van der Waals surface area contributed by atoms with Crippen molar-refractivity contribution in [3.63, 3.8) is 0 Å². The second kappa shape index (κ2) is 7.29. The second-order valence-electron chi connectivity index (χ2n) is 5.44. The summed E-state index contributed by atoms with van der Waals surface area (Å²) in [6.07, 6.45) is 4.66. The maximum absolute atomic E-state index is 12.1. The number of carbonyl (C=O) groups is 1. The predicted octanol–water partition coefficient (Wildman–Crippen LogP) is 2.49. The van der Waals surface area contributed by atoms with Gasteiger partial charge in [0.05, 0.1) is 0 Å². The van der Waals surface area contributed by atoms with Crippen LogP contribution in [0.3, 0.4) is 0 Å². The van der Waals surface area contributed by atoms with E-state index in [0.717, 1.165) is 37.2 Å². The third-order valence-corrected chi connectivity index (χ3v) is 3.73. The molecule has 0 aliphatic carbocycles. The summed E-state index contributed by atoms with van der Waals surface area (Å²) in [5.74, 6) is 0.806. The molecule has 1 unspecified atom stereocenters. The van der Waals surface area contributed by atoms with Crippen LogP contribution in [0.4, 0.5) is 0 Å². The molecule has 0 aromatic heterocycles. The first kappa shape index (κ1) is 14.9. The molecule has 1 amide bonds. The van der Waals surface area contributed by atoms with Crippen molar-refractivity contribution in [3.05, 3.63) is 29.8 Å². The van der Waals surface area contributed by atoms with Gasteiger partial charge in [0.25, 0.3) is 5.91 Å². The lowest BCUT2D eigenvalue weighted by molar-refractivity contribution is -0.133. The first-order valence-electron chi connectivity index (χ1n) is 7.43. The molecule has 1 aliphatic heterocycles. The summed E-state index contributed by atoms with van der Waals surface area (Å²) in [4.78, 5) is 14.0. The Labute approximate surface area is 120 Å². The van der Waals surface area contributed by atoms with Gasteiger partial charge in [-0.05, 0) is 37.5 Å². The molecule has 1 aromatic carbocycles. The van der Waals surface area contributed by atoms with E-state index in [-0.39, 0.29) is 18.6 Å². The molecule has 110 valence electrons. The zero-order valence-electron chi connectivity index (χ0n) is 12.2. The van der Waals surface area contributed by atoms with Crippen LogP contribution >= 0.6 is 0 Å². The number of hydrogen-bond acceptors (Lipinski definition) is 3. The van der Waals surface area contributed by atoms with Gasteiger partial charge in [0.1, 0.15) is 5.75 Å². The standard InChI is InChI=1S/C16H24N2O2/c1-13(17)14-6-8-15(9-7-14)20-12-16(19)18-10-4-2-3-5-11-18/h6-9,13H,2-5,10-12,17H2,1H3. The average molecular weight is 276 g/mol. The normalized spacial score (nSPS) is 17.4. The molecule has 4 heteroatoms. The highest BCUT2D eigenvalue weighted by Gasteiger charge is 2.15. The summed E-state index contributed by atoms with van der Waals surface area (Å²) >= 11 is 0. The topological polar surface area (TPSA) is 55.6 Å². The number of likely N-dealkylation sites (tertiary alicyclic amines) is 1. The van der Waals surface area contributed by atoms with Crippen molar-refractivity contribution in [2.45, 2.75) is 38.6 Å². The van der Waals surface area contributed by atoms with E-state index in [2.05, 4.69) is 0 Å². The monoisotopic (exact) mass is 276 g/mol. The largest absolute Gasteiger partial charge is 0.484 e. The number of benzene rings is 1. The van der Waals surface area contributed by atoms with Gasteiger partial charge in [-0.3, -0.25) is 4.79 Å². The van der Waals surface area contributed by atoms with Crippen LogP contribution in [-0.2, 0) is 4.79 Å². The minimum absolute atomic E-state index is 0.0165. The van der Waals surface area contributed by atoms with Crippen LogP contribution in [0, 0.1) is 0 Å². The number of carbonyl (C=O) groups excluding carboxylic acids is 1. The Hall–Kier alpha value is -1.55. The maximum Gasteiger partial charge on any atom is 0.260 e. The SMILES string of the molecule is CC(N)c1ccc(OCC(=O)N2CCCCCC2)cc1. The van der Waals surface area contributed by atoms with Gasteiger partial charge in [0, 0.05) is 19.1 Å². The Kier molecular flexibility index (Phi) is 5.41. The van der Waals surface area contributed by atoms with Gasteiger partial charge in [-0.1, -0.05) is 25.0 Å². The van der Waals surface area contributed by atoms with E-state index >= 15 is 0 Å². The molecule has 4 nitrogen and oxygen atoms in total. The summed E-state index contributed by atoms with van der Waals surface area (Å²) in [5, 5.41) is 0. The molecule has 1 fully saturated rings. The lowest BCUT2D eigenvalue weighted by Gasteiger charge is -2.20. The van der Waals surface area contributed by atoms with Crippen LogP contribution in [0.15, 0.2) is 24.3 Å². The van der Waals surface area contributed by atoms with Crippen LogP contribution < -0.4 is 10.5 Å². The molecular weight excluding hydrogens is 252 g/mol. The Bertz CT molecular complexity index is 421. The fourth-order valence-electron chi connectivity index (χ4n) is 2.42. The number of nitrogens with two attached hydrogens (primary N) is 1. The van der Waals surface area contributed by atoms with Gasteiger partial charge in [-0.2, -0.15) is 0 Å². The highest BCUT2D eigenvalue weighted by Crippen LogP contribution is 2.16. The molecule has 2 rings (SSSR count). The first-order chi connectivity index (χ1) is 9.66. The summed E-state index contributed by atoms with van der Waals surface area (Å²) in [7, 11) is 0. The van der Waals surface area contributed by atoms with E-state index in [1.807, 2.05) is 36.1 Å². The van der Waals surface area contributed by atoms with Gasteiger partial charge in [0.15, 0.2) is 6.61 Å². The molecule has 20 heavy (non-hydrogen) atoms. The zero-order chi connectivity index (χ0) is 14.4. The Balaban J connectivity index is 1.83. The molecule has 2 N–H and O–H groups in total. The van der Waals surface area contributed by atoms with E-state index in [1.165, 1.54) is 12.8 Å². The summed E-state index contributed by atoms with van der Waals surface area (Å²) in [6, 6.07) is 7.64. The highest BCUT2D eigenvalue weighted by atomic mass is 16.5. The van der Waals surface area contributed by atoms with Crippen LogP contribution in [0.5, 0.6) is 5.75 Å². The highest BCUT2D eigenvalue weighted by molar-refractivity contribution is 5.77. The van der Waals surface area contributed by atoms with E-state index in [1.54, 1.807) is 0 Å². The number of rotatable bonds is 4. The third-order valence-electron chi connectivity index (χ3n) is 3.73. The van der Waals surface area contributed by atoms with Crippen molar-refractivity contribution in [1.82, 2.24) is 4.90 Å². The lowest BCUT2D eigenvalue weighted by Crippen LogP contribution is -2.35. The zero-order valence-corrected chi connectivity index (χ0v) is 12.2. The van der Waals surface area contributed by atoms with Crippen molar-refractivity contribution in [2.75, 3.05) is 19.7 Å². The van der Waals surface area contributed by atoms with Gasteiger partial charge in [-0.15, -0.1) is 0 Å². The van der Waals surface area contributed by atoms with E-state index in [4.69, 9.17) is 10.5 Å². The number of ether oxygens (including phenoxy) is 1. The first-order valence-corrected chi connectivity index (χ1v) is 7.43. The molecule has 1 saturated heterocycles. The van der Waals surface area contributed by atoms with Crippen molar-refractivity contribution in [3.8, 4) is 5.75 Å². The number of nitrogens with zero attached hydrogens (tertiary/aromatic N) is 1. The van der Waals surface area contributed by atoms with Crippen LogP contribution in [0.2, 0.25) is 0 Å². The maximum atomic E-state index is 12.1. The molecule has 0 saturated carbocycles. The lowest BCUT2D eigenvalue weighted by atomic mass is 10.1. The van der Waals surface area contributed by atoms with E-state index in [0.29, 0.717) is 0 Å². The molecular formula is C16H24N2O2. The fourth-order valence-corrected chi connectivity index (χ4v) is 2.42. The molecule has 1 atom stereocenters. The van der Waals surface area contributed by atoms with Crippen LogP contribution in [-0.4, -0.2) is 30.5 Å². The van der Waals surface area contributed by atoms with Crippen molar-refractivity contribution in [2.24, 2.45) is 5.73 Å². The minimum atomic E-state index is 0.0165. The fraction of sp³-hybridized carbons (Fsp3) is 0.562. The van der Waals surface area contributed by atoms with E-state index < -0.39 is 0 Å². The summed E-state index contributed by atoms with van der Waals surface area (Å²) < 4.78 is 5.56. The van der Waals surface area contributed by atoms with Crippen molar-refractivity contribution < 1.29 is 9.53 Å². The van der Waals surface area contributed by atoms with Gasteiger partial charge < -0.3 is 15.4 Å². The predicted molar refractivity (Wildman–Crippen MR) is 79.6 cm³/mol. The Morgan fingerprint density at radius 3 is 2.35 bits per heavy atom. The molecule has 1 aliphatic rings. The van der Waals surface area contributed by atoms with Crippen molar-refractivity contribution >= 4 is 5.91 Å². The molecule has 1 heterocycles. The molecule has 0 bridgehead atoms. The van der Waals surface area contributed by atoms with Gasteiger partial charge in [0.2, 0.25) is 0 Å². The molecule has 0 spiro atoms. The Morgan fingerprint density at radius 1 is 1.20 bits per heavy atom. The third kappa shape index (κ3) is 4.23. The summed E-state index contributed by atoms with van der Waals surface area (Å²) in [6.45, 7) is 3.80. The summed E-state index contributed by atoms with van der Waals surface area (Å²) in [5.41, 5.74) is 6.86. The Morgan fingerprint density at radius 2 is 1.80 bits per heavy atom. The van der Waals surface area contributed by atoms with E-state index in [9.17, 15) is 4.79 Å². The van der Waals surface area contributed by atoms with Crippen LogP contribution in [0.1, 0.15) is 44.2 Å².